The fourth-order valence-electron chi connectivity index (χ4n) is 1.80. The number of aldehydes is 1. The van der Waals surface area contributed by atoms with Crippen LogP contribution < -0.4 is 0 Å². The highest BCUT2D eigenvalue weighted by Gasteiger charge is 2.05. The predicted molar refractivity (Wildman–Crippen MR) is 64.5 cm³/mol. The first-order valence-electron chi connectivity index (χ1n) is 5.19. The van der Waals surface area contributed by atoms with Gasteiger partial charge in [-0.05, 0) is 42.7 Å². The minimum Gasteiger partial charge on any atom is -0.298 e. The van der Waals surface area contributed by atoms with Crippen molar-refractivity contribution in [1.29, 1.82) is 0 Å². The molecule has 0 unspecified atom stereocenters. The Morgan fingerprint density at radius 1 is 1.19 bits per heavy atom. The van der Waals surface area contributed by atoms with Crippen molar-refractivity contribution in [1.82, 2.24) is 4.98 Å². The van der Waals surface area contributed by atoms with Gasteiger partial charge in [0.2, 0.25) is 0 Å². The van der Waals surface area contributed by atoms with Crippen LogP contribution in [0.2, 0.25) is 0 Å². The molecule has 1 aromatic heterocycles. The molecule has 0 amide bonds. The number of carbonyl (C=O) groups is 1. The minimum atomic E-state index is 0.755. The Morgan fingerprint density at radius 2 is 2.00 bits per heavy atom. The van der Waals surface area contributed by atoms with Crippen molar-refractivity contribution in [3.63, 3.8) is 0 Å². The number of carbonyl (C=O) groups excluding carboxylic acids is 1. The topological polar surface area (TPSA) is 30.0 Å². The molecule has 0 saturated heterocycles. The monoisotopic (exact) mass is 211 g/mol. The lowest BCUT2D eigenvalue weighted by Gasteiger charge is -2.08. The lowest BCUT2D eigenvalue weighted by Crippen LogP contribution is -1.91. The van der Waals surface area contributed by atoms with Crippen LogP contribution in [0, 0.1) is 13.8 Å². The Bertz CT molecular complexity index is 518. The summed E-state index contributed by atoms with van der Waals surface area (Å²) >= 11 is 0. The van der Waals surface area contributed by atoms with Crippen molar-refractivity contribution in [3.05, 3.63) is 53.3 Å². The highest BCUT2D eigenvalue weighted by Crippen LogP contribution is 2.25. The SMILES string of the molecule is Cc1cc(-c2cccnc2)c(C)cc1C=O. The molecule has 1 aromatic carbocycles. The van der Waals surface area contributed by atoms with Gasteiger partial charge in [0.1, 0.15) is 6.29 Å². The zero-order chi connectivity index (χ0) is 11.5. The van der Waals surface area contributed by atoms with Crippen LogP contribution in [-0.2, 0) is 0 Å². The highest BCUT2D eigenvalue weighted by molar-refractivity contribution is 5.81. The first-order valence-corrected chi connectivity index (χ1v) is 5.19. The van der Waals surface area contributed by atoms with Gasteiger partial charge in [-0.2, -0.15) is 0 Å². The number of nitrogens with zero attached hydrogens (tertiary/aromatic N) is 1. The summed E-state index contributed by atoms with van der Waals surface area (Å²) in [4.78, 5) is 14.9. The quantitative estimate of drug-likeness (QED) is 0.714. The standard InChI is InChI=1S/C14H13NO/c1-10-7-14(11(2)6-13(10)9-16)12-4-3-5-15-8-12/h3-9H,1-2H3. The number of pyridine rings is 1. The van der Waals surface area contributed by atoms with Crippen LogP contribution in [-0.4, -0.2) is 11.3 Å². The van der Waals surface area contributed by atoms with Crippen LogP contribution >= 0.6 is 0 Å². The summed E-state index contributed by atoms with van der Waals surface area (Å²) in [6.07, 6.45) is 4.49. The average molecular weight is 211 g/mol. The Balaban J connectivity index is 2.59. The van der Waals surface area contributed by atoms with Gasteiger partial charge in [-0.1, -0.05) is 12.1 Å². The third-order valence-corrected chi connectivity index (χ3v) is 2.71. The van der Waals surface area contributed by atoms with E-state index >= 15 is 0 Å². The Hall–Kier alpha value is -1.96. The third-order valence-electron chi connectivity index (χ3n) is 2.71. The summed E-state index contributed by atoms with van der Waals surface area (Å²) in [5, 5.41) is 0. The Labute approximate surface area is 95.0 Å². The number of hydrogen-bond acceptors (Lipinski definition) is 2. The predicted octanol–water partition coefficient (Wildman–Crippen LogP) is 3.18. The zero-order valence-corrected chi connectivity index (χ0v) is 9.40. The molecule has 2 aromatic rings. The smallest absolute Gasteiger partial charge is 0.150 e. The summed E-state index contributed by atoms with van der Waals surface area (Å²) in [5.41, 5.74) is 5.07. The molecular formula is C14H13NO. The largest absolute Gasteiger partial charge is 0.298 e. The molecule has 0 aliphatic rings. The summed E-state index contributed by atoms with van der Waals surface area (Å²) in [7, 11) is 0. The molecule has 0 fully saturated rings. The Morgan fingerprint density at radius 3 is 2.62 bits per heavy atom. The molecule has 0 N–H and O–H groups in total. The van der Waals surface area contributed by atoms with E-state index in [0.717, 1.165) is 34.1 Å². The van der Waals surface area contributed by atoms with Gasteiger partial charge in [0, 0.05) is 23.5 Å². The molecule has 0 aliphatic carbocycles. The molecule has 0 aliphatic heterocycles. The van der Waals surface area contributed by atoms with Gasteiger partial charge in [-0.15, -0.1) is 0 Å². The molecule has 2 rings (SSSR count). The second-order valence-electron chi connectivity index (χ2n) is 3.88. The lowest BCUT2D eigenvalue weighted by molar-refractivity contribution is 0.112. The van der Waals surface area contributed by atoms with Crippen molar-refractivity contribution in [2.75, 3.05) is 0 Å². The van der Waals surface area contributed by atoms with E-state index in [9.17, 15) is 4.79 Å². The van der Waals surface area contributed by atoms with Crippen molar-refractivity contribution >= 4 is 6.29 Å². The molecule has 2 heteroatoms. The van der Waals surface area contributed by atoms with E-state index in [1.165, 1.54) is 0 Å². The number of hydrogen-bond donors (Lipinski definition) is 0. The summed E-state index contributed by atoms with van der Waals surface area (Å²) in [5.74, 6) is 0. The molecule has 0 radical (unpaired) electrons. The Kier molecular flexibility index (Phi) is 2.82. The van der Waals surface area contributed by atoms with Gasteiger partial charge in [-0.3, -0.25) is 9.78 Å². The molecule has 0 spiro atoms. The van der Waals surface area contributed by atoms with E-state index in [1.54, 1.807) is 6.20 Å². The lowest BCUT2D eigenvalue weighted by atomic mass is 9.96. The van der Waals surface area contributed by atoms with E-state index in [0.29, 0.717) is 0 Å². The fraction of sp³-hybridized carbons (Fsp3) is 0.143. The number of rotatable bonds is 2. The third kappa shape index (κ3) is 1.87. The van der Waals surface area contributed by atoms with Gasteiger partial charge in [0.15, 0.2) is 0 Å². The van der Waals surface area contributed by atoms with Crippen LogP contribution in [0.1, 0.15) is 21.5 Å². The van der Waals surface area contributed by atoms with E-state index < -0.39 is 0 Å². The zero-order valence-electron chi connectivity index (χ0n) is 9.40. The van der Waals surface area contributed by atoms with Crippen LogP contribution in [0.15, 0.2) is 36.7 Å². The van der Waals surface area contributed by atoms with E-state index in [1.807, 2.05) is 44.3 Å². The highest BCUT2D eigenvalue weighted by atomic mass is 16.1. The van der Waals surface area contributed by atoms with Gasteiger partial charge in [0.25, 0.3) is 0 Å². The van der Waals surface area contributed by atoms with E-state index in [-0.39, 0.29) is 0 Å². The number of aryl methyl sites for hydroxylation is 2. The second kappa shape index (κ2) is 4.27. The van der Waals surface area contributed by atoms with Crippen LogP contribution in [0.25, 0.3) is 11.1 Å². The molecule has 0 bridgehead atoms. The first kappa shape index (κ1) is 10.6. The second-order valence-corrected chi connectivity index (χ2v) is 3.88. The maximum Gasteiger partial charge on any atom is 0.150 e. The van der Waals surface area contributed by atoms with Crippen molar-refractivity contribution in [3.8, 4) is 11.1 Å². The summed E-state index contributed by atoms with van der Waals surface area (Å²) < 4.78 is 0. The molecule has 0 atom stereocenters. The van der Waals surface area contributed by atoms with Crippen molar-refractivity contribution < 1.29 is 4.79 Å². The fourth-order valence-corrected chi connectivity index (χ4v) is 1.80. The summed E-state index contributed by atoms with van der Waals surface area (Å²) in [6, 6.07) is 7.90. The van der Waals surface area contributed by atoms with Crippen LogP contribution in [0.4, 0.5) is 0 Å². The maximum atomic E-state index is 10.8. The normalized spacial score (nSPS) is 10.1. The first-order chi connectivity index (χ1) is 7.72. The van der Waals surface area contributed by atoms with Crippen molar-refractivity contribution in [2.45, 2.75) is 13.8 Å². The molecule has 80 valence electrons. The van der Waals surface area contributed by atoms with Gasteiger partial charge < -0.3 is 0 Å². The molecule has 2 nitrogen and oxygen atoms in total. The van der Waals surface area contributed by atoms with E-state index in [4.69, 9.17) is 0 Å². The number of benzene rings is 1. The van der Waals surface area contributed by atoms with Gasteiger partial charge in [-0.25, -0.2) is 0 Å². The molecule has 16 heavy (non-hydrogen) atoms. The van der Waals surface area contributed by atoms with Crippen LogP contribution in [0.3, 0.4) is 0 Å². The minimum absolute atomic E-state index is 0.755. The summed E-state index contributed by atoms with van der Waals surface area (Å²) in [6.45, 7) is 3.96. The van der Waals surface area contributed by atoms with Gasteiger partial charge >= 0.3 is 0 Å². The molecule has 0 saturated carbocycles. The van der Waals surface area contributed by atoms with E-state index in [2.05, 4.69) is 4.98 Å². The molecule has 1 heterocycles. The van der Waals surface area contributed by atoms with Gasteiger partial charge in [0.05, 0.1) is 0 Å². The van der Waals surface area contributed by atoms with Crippen molar-refractivity contribution in [2.24, 2.45) is 0 Å². The van der Waals surface area contributed by atoms with Crippen LogP contribution in [0.5, 0.6) is 0 Å². The molecular weight excluding hydrogens is 198 g/mol. The average Bonchev–Trinajstić information content (AvgIpc) is 2.32. The number of aromatic nitrogens is 1. The maximum absolute atomic E-state index is 10.8.